The third kappa shape index (κ3) is 1.04. The van der Waals surface area contributed by atoms with Crippen molar-refractivity contribution in [2.45, 2.75) is 12.4 Å². The molecule has 0 fully saturated rings. The standard InChI is InChI=1S/C7H7ClN2S/c1-4-2-11-6-5(4)9-3-10-7(6)8/h2-3,7H,1H3,(H,9,10). The molecule has 1 aromatic heterocycles. The molecule has 0 spiro atoms. The van der Waals surface area contributed by atoms with E-state index in [9.17, 15) is 0 Å². The van der Waals surface area contributed by atoms with E-state index in [1.54, 1.807) is 17.7 Å². The lowest BCUT2D eigenvalue weighted by molar-refractivity contribution is 0.892. The lowest BCUT2D eigenvalue weighted by Crippen LogP contribution is -2.16. The van der Waals surface area contributed by atoms with Crippen LogP contribution >= 0.6 is 22.9 Å². The first kappa shape index (κ1) is 7.13. The van der Waals surface area contributed by atoms with E-state index in [1.807, 2.05) is 6.92 Å². The first-order chi connectivity index (χ1) is 5.29. The highest BCUT2D eigenvalue weighted by atomic mass is 35.5. The van der Waals surface area contributed by atoms with Crippen LogP contribution in [0.25, 0.3) is 0 Å². The number of rotatable bonds is 0. The van der Waals surface area contributed by atoms with Gasteiger partial charge in [-0.2, -0.15) is 0 Å². The summed E-state index contributed by atoms with van der Waals surface area (Å²) in [6, 6.07) is 0. The molecule has 0 saturated heterocycles. The Labute approximate surface area is 73.9 Å². The topological polar surface area (TPSA) is 24.4 Å². The summed E-state index contributed by atoms with van der Waals surface area (Å²) in [6.45, 7) is 2.04. The van der Waals surface area contributed by atoms with E-state index in [1.165, 1.54) is 5.56 Å². The van der Waals surface area contributed by atoms with Crippen molar-refractivity contribution in [2.75, 3.05) is 0 Å². The predicted octanol–water partition coefficient (Wildman–Crippen LogP) is 2.56. The number of nitrogens with zero attached hydrogens (tertiary/aromatic N) is 1. The van der Waals surface area contributed by atoms with Gasteiger partial charge in [0.2, 0.25) is 0 Å². The van der Waals surface area contributed by atoms with E-state index in [4.69, 9.17) is 11.6 Å². The van der Waals surface area contributed by atoms with Crippen LogP contribution in [0.3, 0.4) is 0 Å². The van der Waals surface area contributed by atoms with Crippen LogP contribution in [0, 0.1) is 6.92 Å². The molecule has 1 N–H and O–H groups in total. The van der Waals surface area contributed by atoms with E-state index >= 15 is 0 Å². The lowest BCUT2D eigenvalue weighted by Gasteiger charge is -2.12. The molecule has 1 unspecified atom stereocenters. The summed E-state index contributed by atoms with van der Waals surface area (Å²) < 4.78 is 0. The average molecular weight is 187 g/mol. The zero-order valence-electron chi connectivity index (χ0n) is 5.97. The molecule has 1 aliphatic rings. The quantitative estimate of drug-likeness (QED) is 0.489. The normalized spacial score (nSPS) is 21.1. The molecular formula is C7H7ClN2S. The number of hydrogen-bond acceptors (Lipinski definition) is 3. The first-order valence-electron chi connectivity index (χ1n) is 3.29. The second-order valence-corrected chi connectivity index (χ2v) is 3.77. The number of aryl methyl sites for hydroxylation is 1. The number of halogens is 1. The van der Waals surface area contributed by atoms with Crippen molar-refractivity contribution < 1.29 is 0 Å². The molecule has 1 aromatic rings. The summed E-state index contributed by atoms with van der Waals surface area (Å²) in [7, 11) is 0. The Balaban J connectivity index is 2.57. The molecule has 1 aliphatic heterocycles. The Kier molecular flexibility index (Phi) is 1.62. The Bertz CT molecular complexity index is 305. The molecule has 0 aromatic carbocycles. The van der Waals surface area contributed by atoms with E-state index < -0.39 is 0 Å². The molecule has 2 nitrogen and oxygen atoms in total. The Hall–Kier alpha value is -0.540. The summed E-state index contributed by atoms with van der Waals surface area (Å²) >= 11 is 7.62. The van der Waals surface area contributed by atoms with Crippen molar-refractivity contribution in [1.82, 2.24) is 5.32 Å². The fraction of sp³-hybridized carbons (Fsp3) is 0.286. The van der Waals surface area contributed by atoms with Crippen molar-refractivity contribution in [3.05, 3.63) is 15.8 Å². The average Bonchev–Trinajstić information content (AvgIpc) is 2.35. The van der Waals surface area contributed by atoms with Crippen LogP contribution in [0.2, 0.25) is 0 Å². The third-order valence-electron chi connectivity index (χ3n) is 1.61. The monoisotopic (exact) mass is 186 g/mol. The molecule has 58 valence electrons. The lowest BCUT2D eigenvalue weighted by atomic mass is 10.2. The van der Waals surface area contributed by atoms with Gasteiger partial charge in [-0.3, -0.25) is 0 Å². The van der Waals surface area contributed by atoms with Gasteiger partial charge in [0.05, 0.1) is 16.9 Å². The maximum Gasteiger partial charge on any atom is 0.139 e. The Morgan fingerprint density at radius 3 is 3.27 bits per heavy atom. The van der Waals surface area contributed by atoms with Crippen molar-refractivity contribution in [3.8, 4) is 0 Å². The second kappa shape index (κ2) is 2.50. The van der Waals surface area contributed by atoms with Gasteiger partial charge in [0.1, 0.15) is 5.50 Å². The highest BCUT2D eigenvalue weighted by Crippen LogP contribution is 2.38. The van der Waals surface area contributed by atoms with E-state index in [0.717, 1.165) is 10.6 Å². The summed E-state index contributed by atoms with van der Waals surface area (Å²) in [5, 5.41) is 5.01. The summed E-state index contributed by atoms with van der Waals surface area (Å²) in [4.78, 5) is 5.31. The SMILES string of the molecule is Cc1csc2c1N=CNC2Cl. The zero-order chi connectivity index (χ0) is 7.84. The maximum atomic E-state index is 5.97. The number of nitrogens with one attached hydrogen (secondary N) is 1. The summed E-state index contributed by atoms with van der Waals surface area (Å²) in [6.07, 6.45) is 1.65. The van der Waals surface area contributed by atoms with Gasteiger partial charge >= 0.3 is 0 Å². The van der Waals surface area contributed by atoms with Crippen LogP contribution in [0.4, 0.5) is 5.69 Å². The van der Waals surface area contributed by atoms with Gasteiger partial charge in [0.15, 0.2) is 0 Å². The van der Waals surface area contributed by atoms with E-state index in [-0.39, 0.29) is 5.50 Å². The summed E-state index contributed by atoms with van der Waals surface area (Å²) in [5.74, 6) is 0. The van der Waals surface area contributed by atoms with Crippen LogP contribution in [-0.2, 0) is 0 Å². The van der Waals surface area contributed by atoms with Crippen molar-refractivity contribution >= 4 is 35.0 Å². The van der Waals surface area contributed by atoms with Gasteiger partial charge in [0, 0.05) is 0 Å². The van der Waals surface area contributed by atoms with Crippen molar-refractivity contribution in [3.63, 3.8) is 0 Å². The number of alkyl halides is 1. The fourth-order valence-corrected chi connectivity index (χ4v) is 2.29. The maximum absolute atomic E-state index is 5.97. The molecule has 0 bridgehead atoms. The molecular weight excluding hydrogens is 180 g/mol. The Morgan fingerprint density at radius 1 is 1.73 bits per heavy atom. The molecule has 0 amide bonds. The molecule has 2 heterocycles. The zero-order valence-corrected chi connectivity index (χ0v) is 7.54. The van der Waals surface area contributed by atoms with Crippen LogP contribution in [0.5, 0.6) is 0 Å². The van der Waals surface area contributed by atoms with Gasteiger partial charge in [0.25, 0.3) is 0 Å². The van der Waals surface area contributed by atoms with Crippen molar-refractivity contribution in [1.29, 1.82) is 0 Å². The van der Waals surface area contributed by atoms with Gasteiger partial charge in [-0.25, -0.2) is 4.99 Å². The summed E-state index contributed by atoms with van der Waals surface area (Å²) in [5.41, 5.74) is 2.14. The number of fused-ring (bicyclic) bond motifs is 1. The van der Waals surface area contributed by atoms with Gasteiger partial charge in [-0.1, -0.05) is 11.6 Å². The fourth-order valence-electron chi connectivity index (χ4n) is 1.05. The Morgan fingerprint density at radius 2 is 2.55 bits per heavy atom. The molecule has 0 aliphatic carbocycles. The van der Waals surface area contributed by atoms with Crippen LogP contribution < -0.4 is 5.32 Å². The molecule has 11 heavy (non-hydrogen) atoms. The molecule has 0 saturated carbocycles. The van der Waals surface area contributed by atoms with E-state index in [2.05, 4.69) is 15.7 Å². The minimum atomic E-state index is -0.0961. The minimum Gasteiger partial charge on any atom is -0.356 e. The van der Waals surface area contributed by atoms with Crippen LogP contribution in [0.15, 0.2) is 10.4 Å². The van der Waals surface area contributed by atoms with Gasteiger partial charge < -0.3 is 5.32 Å². The smallest absolute Gasteiger partial charge is 0.139 e. The highest BCUT2D eigenvalue weighted by Gasteiger charge is 2.17. The van der Waals surface area contributed by atoms with Gasteiger partial charge in [-0.05, 0) is 17.9 Å². The molecule has 0 radical (unpaired) electrons. The third-order valence-corrected chi connectivity index (χ3v) is 3.24. The molecule has 2 rings (SSSR count). The van der Waals surface area contributed by atoms with E-state index in [0.29, 0.717) is 0 Å². The number of hydrogen-bond donors (Lipinski definition) is 1. The number of thiophene rings is 1. The highest BCUT2D eigenvalue weighted by molar-refractivity contribution is 7.11. The minimum absolute atomic E-state index is 0.0961. The van der Waals surface area contributed by atoms with Crippen LogP contribution in [0.1, 0.15) is 15.9 Å². The van der Waals surface area contributed by atoms with Crippen LogP contribution in [-0.4, -0.2) is 6.34 Å². The van der Waals surface area contributed by atoms with Gasteiger partial charge in [-0.15, -0.1) is 11.3 Å². The second-order valence-electron chi connectivity index (χ2n) is 2.42. The first-order valence-corrected chi connectivity index (χ1v) is 4.61. The number of aliphatic imine (C=N–C) groups is 1. The molecule has 1 atom stereocenters. The largest absolute Gasteiger partial charge is 0.356 e. The molecule has 4 heteroatoms. The predicted molar refractivity (Wildman–Crippen MR) is 48.9 cm³/mol. The van der Waals surface area contributed by atoms with Crippen molar-refractivity contribution in [2.24, 2.45) is 4.99 Å².